The topological polar surface area (TPSA) is 63.2 Å². The van der Waals surface area contributed by atoms with Gasteiger partial charge in [-0.25, -0.2) is 8.78 Å². The minimum atomic E-state index is -2.91. The van der Waals surface area contributed by atoms with Crippen LogP contribution in [0.2, 0.25) is 10.0 Å². The van der Waals surface area contributed by atoms with Crippen LogP contribution in [0.15, 0.2) is 42.5 Å². The first-order valence-corrected chi connectivity index (χ1v) is 11.2. The second-order valence-electron chi connectivity index (χ2n) is 6.90. The van der Waals surface area contributed by atoms with E-state index < -0.39 is 28.6 Å². The van der Waals surface area contributed by atoms with Gasteiger partial charge in [0.2, 0.25) is 0 Å². The molecule has 0 aromatic heterocycles. The molecule has 0 unspecified atom stereocenters. The number of amides is 1. The molecule has 1 N–H and O–H groups in total. The predicted octanol–water partition coefficient (Wildman–Crippen LogP) is 4.69. The molecular weight excluding hydrogens is 455 g/mol. The molecule has 1 fully saturated rings. The third-order valence-electron chi connectivity index (χ3n) is 4.58. The van der Waals surface area contributed by atoms with E-state index in [0.29, 0.717) is 22.6 Å². The summed E-state index contributed by atoms with van der Waals surface area (Å²) in [5.41, 5.74) is 0.615. The van der Waals surface area contributed by atoms with Gasteiger partial charge in [-0.1, -0.05) is 29.3 Å². The molecule has 0 aliphatic carbocycles. The first kappa shape index (κ1) is 22.6. The lowest BCUT2D eigenvalue weighted by molar-refractivity contribution is 0.0940. The number of alkyl halides is 2. The van der Waals surface area contributed by atoms with Gasteiger partial charge in [-0.3, -0.25) is 13.8 Å². The van der Waals surface area contributed by atoms with Crippen molar-refractivity contribution in [2.75, 3.05) is 11.5 Å². The first-order valence-electron chi connectivity index (χ1n) is 8.91. The van der Waals surface area contributed by atoms with Gasteiger partial charge in [0.15, 0.2) is 5.78 Å². The summed E-state index contributed by atoms with van der Waals surface area (Å²) in [7, 11) is -0.882. The van der Waals surface area contributed by atoms with E-state index in [-0.39, 0.29) is 33.1 Å². The van der Waals surface area contributed by atoms with Crippen LogP contribution >= 0.6 is 23.2 Å². The van der Waals surface area contributed by atoms with Gasteiger partial charge >= 0.3 is 0 Å². The lowest BCUT2D eigenvalue weighted by Crippen LogP contribution is -2.50. The van der Waals surface area contributed by atoms with Gasteiger partial charge in [-0.05, 0) is 54.5 Å². The van der Waals surface area contributed by atoms with Crippen LogP contribution < -0.4 is 5.32 Å². The van der Waals surface area contributed by atoms with Crippen LogP contribution in [0.1, 0.15) is 31.8 Å². The summed E-state index contributed by atoms with van der Waals surface area (Å²) < 4.78 is 38.3. The van der Waals surface area contributed by atoms with Gasteiger partial charge in [0.05, 0.1) is 6.04 Å². The molecule has 4 nitrogen and oxygen atoms in total. The molecule has 3 rings (SSSR count). The van der Waals surface area contributed by atoms with Gasteiger partial charge < -0.3 is 5.32 Å². The second kappa shape index (κ2) is 9.37. The third-order valence-corrected chi connectivity index (χ3v) is 6.57. The molecule has 2 aromatic rings. The predicted molar refractivity (Wildman–Crippen MR) is 115 cm³/mol. The highest BCUT2D eigenvalue weighted by atomic mass is 35.5. The van der Waals surface area contributed by atoms with Crippen LogP contribution in [0.5, 0.6) is 0 Å². The van der Waals surface area contributed by atoms with Crippen LogP contribution in [0.4, 0.5) is 8.78 Å². The van der Waals surface area contributed by atoms with E-state index in [1.807, 2.05) is 0 Å². The number of carbonyl (C=O) groups excluding carboxylic acids is 2. The molecule has 9 heteroatoms. The van der Waals surface area contributed by atoms with Crippen molar-refractivity contribution < 1.29 is 22.6 Å². The molecule has 0 spiro atoms. The van der Waals surface area contributed by atoms with Crippen molar-refractivity contribution in [3.05, 3.63) is 74.8 Å². The van der Waals surface area contributed by atoms with E-state index in [1.165, 1.54) is 36.4 Å². The monoisotopic (exact) mass is 471 g/mol. The molecule has 1 amide bonds. The van der Waals surface area contributed by atoms with E-state index in [9.17, 15) is 22.6 Å². The molecule has 1 aliphatic rings. The minimum Gasteiger partial charge on any atom is -0.347 e. The average molecular weight is 472 g/mol. The minimum absolute atomic E-state index is 0.0569. The van der Waals surface area contributed by atoms with Crippen LogP contribution in [-0.4, -0.2) is 39.9 Å². The Hall–Kier alpha value is -2.09. The Morgan fingerprint density at radius 1 is 1.10 bits per heavy atom. The lowest BCUT2D eigenvalue weighted by atomic mass is 9.99. The summed E-state index contributed by atoms with van der Waals surface area (Å²) in [4.78, 5) is 24.9. The summed E-state index contributed by atoms with van der Waals surface area (Å²) in [5.74, 6) is -0.108. The fourth-order valence-corrected chi connectivity index (χ4v) is 4.53. The number of rotatable bonds is 6. The molecular formula is C21H17Cl2F2NO3S. The number of allylic oxidation sites excluding steroid dienone is 2. The maximum atomic E-state index is 13.6. The average Bonchev–Trinajstić information content (AvgIpc) is 2.63. The summed E-state index contributed by atoms with van der Waals surface area (Å²) in [6.45, 7) is 1.65. The molecule has 0 saturated carbocycles. The van der Waals surface area contributed by atoms with Gasteiger partial charge in [0.25, 0.3) is 12.3 Å². The number of benzene rings is 2. The number of ketones is 1. The number of aryl methyl sites for hydroxylation is 1. The maximum Gasteiger partial charge on any atom is 0.264 e. The van der Waals surface area contributed by atoms with Crippen molar-refractivity contribution in [2.24, 2.45) is 0 Å². The summed E-state index contributed by atoms with van der Waals surface area (Å²) in [5, 5.41) is 3.14. The smallest absolute Gasteiger partial charge is 0.264 e. The zero-order chi connectivity index (χ0) is 22.0. The highest BCUT2D eigenvalue weighted by Gasteiger charge is 2.27. The Bertz CT molecular complexity index is 1040. The highest BCUT2D eigenvalue weighted by Crippen LogP contribution is 2.28. The third kappa shape index (κ3) is 5.33. The summed E-state index contributed by atoms with van der Waals surface area (Å²) in [6, 6.07) is 8.26. The Balaban J connectivity index is 1.83. The van der Waals surface area contributed by atoms with Crippen LogP contribution in [0, 0.1) is 6.92 Å². The largest absolute Gasteiger partial charge is 0.347 e. The molecule has 2 aromatic carbocycles. The Kier molecular flexibility index (Phi) is 7.06. The number of nitrogens with one attached hydrogen (secondary N) is 1. The maximum absolute atomic E-state index is 13.6. The van der Waals surface area contributed by atoms with E-state index in [1.54, 1.807) is 6.92 Å². The fraction of sp³-hybridized carbons (Fsp3) is 0.238. The molecule has 1 heterocycles. The quantitative estimate of drug-likeness (QED) is 0.490. The van der Waals surface area contributed by atoms with Gasteiger partial charge in [-0.2, -0.15) is 0 Å². The Labute approximate surface area is 184 Å². The first-order chi connectivity index (χ1) is 14.1. The van der Waals surface area contributed by atoms with Crippen LogP contribution in [0.3, 0.4) is 0 Å². The van der Waals surface area contributed by atoms with Crippen molar-refractivity contribution >= 4 is 51.3 Å². The van der Waals surface area contributed by atoms with Crippen molar-refractivity contribution in [3.8, 4) is 0 Å². The van der Waals surface area contributed by atoms with Gasteiger partial charge in [0.1, 0.15) is 0 Å². The van der Waals surface area contributed by atoms with E-state index in [0.717, 1.165) is 6.08 Å². The lowest BCUT2D eigenvalue weighted by Gasteiger charge is -2.26. The van der Waals surface area contributed by atoms with Crippen molar-refractivity contribution in [1.29, 1.82) is 0 Å². The van der Waals surface area contributed by atoms with Gasteiger partial charge in [-0.15, -0.1) is 0 Å². The Morgan fingerprint density at radius 2 is 1.73 bits per heavy atom. The van der Waals surface area contributed by atoms with Crippen LogP contribution in [-0.2, 0) is 10.8 Å². The van der Waals surface area contributed by atoms with Crippen molar-refractivity contribution in [2.45, 2.75) is 19.4 Å². The number of hydrogen-bond acceptors (Lipinski definition) is 3. The van der Waals surface area contributed by atoms with E-state index in [4.69, 9.17) is 23.2 Å². The van der Waals surface area contributed by atoms with Crippen LogP contribution in [0.25, 0.3) is 5.57 Å². The molecule has 0 radical (unpaired) electrons. The normalized spacial score (nSPS) is 18.8. The highest BCUT2D eigenvalue weighted by molar-refractivity contribution is 7.86. The molecule has 30 heavy (non-hydrogen) atoms. The second-order valence-corrected chi connectivity index (χ2v) is 9.32. The number of halogens is 4. The van der Waals surface area contributed by atoms with Gasteiger partial charge in [0, 0.05) is 49.1 Å². The summed E-state index contributed by atoms with van der Waals surface area (Å²) >= 11 is 11.8. The molecule has 0 bridgehead atoms. The number of carbonyl (C=O) groups is 2. The number of hydrogen-bond donors (Lipinski definition) is 1. The van der Waals surface area contributed by atoms with Crippen molar-refractivity contribution in [3.63, 3.8) is 0 Å². The SMILES string of the molecule is Cc1cc(C(=O)/C=C(\c2cc(Cl)cc(Cl)c2)C(F)F)ccc1C(=O)NC1CS(=O)C1. The molecule has 158 valence electrons. The van der Waals surface area contributed by atoms with E-state index >= 15 is 0 Å². The Morgan fingerprint density at radius 3 is 2.27 bits per heavy atom. The zero-order valence-electron chi connectivity index (χ0n) is 15.8. The standard InChI is InChI=1S/C21H17Cl2F2NO3S/c1-11-4-12(2-3-17(11)21(28)26-16-9-30(29)10-16)19(27)8-18(20(24)25)13-5-14(22)7-15(23)6-13/h2-8,16,20H,9-10H2,1H3,(H,26,28)/b18-8+. The van der Waals surface area contributed by atoms with Crippen molar-refractivity contribution in [1.82, 2.24) is 5.32 Å². The molecule has 1 saturated heterocycles. The zero-order valence-corrected chi connectivity index (χ0v) is 18.1. The fourth-order valence-electron chi connectivity index (χ4n) is 3.04. The summed E-state index contributed by atoms with van der Waals surface area (Å²) in [6.07, 6.45) is -2.06. The molecule has 0 atom stereocenters. The van der Waals surface area contributed by atoms with E-state index in [2.05, 4.69) is 5.32 Å². The molecule has 1 aliphatic heterocycles.